The molecule has 0 saturated heterocycles. The van der Waals surface area contributed by atoms with Crippen molar-refractivity contribution in [2.45, 2.75) is 245 Å². The molecule has 1 unspecified atom stereocenters. The first-order valence-corrected chi connectivity index (χ1v) is 26.1. The molecule has 0 aliphatic carbocycles. The zero-order chi connectivity index (χ0) is 45.8. The fourth-order valence-corrected chi connectivity index (χ4v) is 6.97. The van der Waals surface area contributed by atoms with Gasteiger partial charge in [-0.2, -0.15) is 0 Å². The number of hydrogen-bond donors (Lipinski definition) is 0. The average Bonchev–Trinajstić information content (AvgIpc) is 3.28. The van der Waals surface area contributed by atoms with E-state index in [1.807, 2.05) is 6.08 Å². The molecular weight excluding hydrogens is 781 g/mol. The first kappa shape index (κ1) is 59.6. The lowest BCUT2D eigenvalue weighted by atomic mass is 10.1. The molecule has 0 saturated carbocycles. The van der Waals surface area contributed by atoms with Crippen molar-refractivity contribution < 1.29 is 28.6 Å². The van der Waals surface area contributed by atoms with E-state index in [4.69, 9.17) is 14.2 Å². The Labute approximate surface area is 388 Å². The molecule has 0 radical (unpaired) electrons. The van der Waals surface area contributed by atoms with Crippen LogP contribution in [0.25, 0.3) is 0 Å². The van der Waals surface area contributed by atoms with E-state index in [1.165, 1.54) is 103 Å². The summed E-state index contributed by atoms with van der Waals surface area (Å²) in [6, 6.07) is 0. The average molecular weight is 877 g/mol. The van der Waals surface area contributed by atoms with Crippen LogP contribution in [-0.2, 0) is 28.6 Å². The highest BCUT2D eigenvalue weighted by molar-refractivity contribution is 5.72. The molecule has 0 aromatic heterocycles. The summed E-state index contributed by atoms with van der Waals surface area (Å²) in [4.78, 5) is 37.9. The second kappa shape index (κ2) is 51.2. The first-order chi connectivity index (χ1) is 31.0. The van der Waals surface area contributed by atoms with Gasteiger partial charge in [0, 0.05) is 12.8 Å². The van der Waals surface area contributed by atoms with Gasteiger partial charge < -0.3 is 14.2 Å². The van der Waals surface area contributed by atoms with Gasteiger partial charge in [-0.05, 0) is 96.3 Å². The lowest BCUT2D eigenvalue weighted by Crippen LogP contribution is -2.30. The predicted octanol–water partition coefficient (Wildman–Crippen LogP) is 17.2. The van der Waals surface area contributed by atoms with Gasteiger partial charge in [0.1, 0.15) is 13.2 Å². The lowest BCUT2D eigenvalue weighted by molar-refractivity contribution is -0.166. The fraction of sp³-hybridized carbons (Fsp3) is 0.702. The first-order valence-electron chi connectivity index (χ1n) is 26.1. The van der Waals surface area contributed by atoms with E-state index in [1.54, 1.807) is 6.08 Å². The molecule has 0 amide bonds. The molecule has 0 rings (SSSR count). The Bertz CT molecular complexity index is 1240. The largest absolute Gasteiger partial charge is 0.462 e. The van der Waals surface area contributed by atoms with Gasteiger partial charge in [0.25, 0.3) is 0 Å². The van der Waals surface area contributed by atoms with Crippen LogP contribution in [0.2, 0.25) is 0 Å². The SMILES string of the molecule is CC/C=C\C/C=C\C/C=C\C/C=C\C/C=C\CC(=O)OCC(COC(=O)CCCCCCC/C=C\CCCCCCCC)OC(=O)CCCCCCC/C=C\CCCCCCCC. The van der Waals surface area contributed by atoms with Crippen molar-refractivity contribution in [3.63, 3.8) is 0 Å². The third-order valence-corrected chi connectivity index (χ3v) is 10.9. The van der Waals surface area contributed by atoms with Gasteiger partial charge in [-0.25, -0.2) is 0 Å². The van der Waals surface area contributed by atoms with E-state index in [-0.39, 0.29) is 31.6 Å². The minimum Gasteiger partial charge on any atom is -0.462 e. The van der Waals surface area contributed by atoms with Crippen LogP contribution in [0.3, 0.4) is 0 Å². The predicted molar refractivity (Wildman–Crippen MR) is 270 cm³/mol. The van der Waals surface area contributed by atoms with Crippen molar-refractivity contribution >= 4 is 17.9 Å². The maximum absolute atomic E-state index is 12.8. The number of unbranched alkanes of at least 4 members (excludes halogenated alkanes) is 22. The van der Waals surface area contributed by atoms with Crippen LogP contribution < -0.4 is 0 Å². The Balaban J connectivity index is 4.53. The van der Waals surface area contributed by atoms with E-state index in [9.17, 15) is 14.4 Å². The smallest absolute Gasteiger partial charge is 0.309 e. The molecule has 0 spiro atoms. The molecule has 0 N–H and O–H groups in total. The van der Waals surface area contributed by atoms with Gasteiger partial charge in [-0.15, -0.1) is 0 Å². The minimum atomic E-state index is -0.823. The van der Waals surface area contributed by atoms with Crippen molar-refractivity contribution in [1.82, 2.24) is 0 Å². The van der Waals surface area contributed by atoms with Crippen LogP contribution in [0.4, 0.5) is 0 Å². The van der Waals surface area contributed by atoms with Gasteiger partial charge in [-0.1, -0.05) is 209 Å². The number of allylic oxidation sites excluding steroid dienone is 13. The molecular formula is C57H96O6. The lowest BCUT2D eigenvalue weighted by Gasteiger charge is -2.18. The maximum Gasteiger partial charge on any atom is 0.309 e. The van der Waals surface area contributed by atoms with Crippen molar-refractivity contribution in [2.75, 3.05) is 13.2 Å². The van der Waals surface area contributed by atoms with Gasteiger partial charge in [0.05, 0.1) is 6.42 Å². The maximum atomic E-state index is 12.8. The molecule has 0 aromatic carbocycles. The number of ether oxygens (including phenoxy) is 3. The Morgan fingerprint density at radius 2 is 0.683 bits per heavy atom. The monoisotopic (exact) mass is 877 g/mol. The molecule has 0 fully saturated rings. The number of esters is 3. The molecule has 6 heteroatoms. The van der Waals surface area contributed by atoms with E-state index in [0.29, 0.717) is 12.8 Å². The zero-order valence-corrected chi connectivity index (χ0v) is 41.1. The number of carbonyl (C=O) groups excluding carboxylic acids is 3. The van der Waals surface area contributed by atoms with Crippen molar-refractivity contribution in [2.24, 2.45) is 0 Å². The van der Waals surface area contributed by atoms with E-state index < -0.39 is 12.1 Å². The highest BCUT2D eigenvalue weighted by Crippen LogP contribution is 2.13. The van der Waals surface area contributed by atoms with Gasteiger partial charge in [-0.3, -0.25) is 14.4 Å². The minimum absolute atomic E-state index is 0.114. The highest BCUT2D eigenvalue weighted by atomic mass is 16.6. The van der Waals surface area contributed by atoms with E-state index in [2.05, 4.69) is 93.7 Å². The topological polar surface area (TPSA) is 78.9 Å². The summed E-state index contributed by atoms with van der Waals surface area (Å²) in [5.74, 6) is -1.06. The Hall–Kier alpha value is -3.41. The second-order valence-electron chi connectivity index (χ2n) is 17.1. The Kier molecular flexibility index (Phi) is 48.5. The van der Waals surface area contributed by atoms with Gasteiger partial charge in [0.15, 0.2) is 6.10 Å². The molecule has 63 heavy (non-hydrogen) atoms. The summed E-state index contributed by atoms with van der Waals surface area (Å²) in [7, 11) is 0. The van der Waals surface area contributed by atoms with Crippen LogP contribution in [0.1, 0.15) is 239 Å². The van der Waals surface area contributed by atoms with Crippen LogP contribution in [0.15, 0.2) is 85.1 Å². The van der Waals surface area contributed by atoms with Crippen molar-refractivity contribution in [1.29, 1.82) is 0 Å². The molecule has 1 atom stereocenters. The fourth-order valence-electron chi connectivity index (χ4n) is 6.97. The highest BCUT2D eigenvalue weighted by Gasteiger charge is 2.19. The summed E-state index contributed by atoms with van der Waals surface area (Å²) in [6.07, 6.45) is 65.9. The third-order valence-electron chi connectivity index (χ3n) is 10.9. The standard InChI is InChI=1S/C57H96O6/c1-4-7-10-13-16-19-22-25-28-31-34-37-40-43-46-49-55(58)61-52-54(63-57(60)51-48-45-42-39-36-33-30-27-24-21-18-15-12-9-6-3)53-62-56(59)50-47-44-41-38-35-32-29-26-23-20-17-14-11-8-5-2/h7,10,16,19,25-30,34,37,43,46,54H,4-6,8-9,11-15,17-18,20-24,31-33,35-36,38-42,44-45,47-53H2,1-3H3/b10-7-,19-16-,28-25-,29-26-,30-27-,37-34-,46-43-. The molecule has 0 heterocycles. The van der Waals surface area contributed by atoms with Crippen LogP contribution in [0, 0.1) is 0 Å². The van der Waals surface area contributed by atoms with Crippen molar-refractivity contribution in [3.8, 4) is 0 Å². The molecule has 0 aliphatic rings. The molecule has 0 bridgehead atoms. The third kappa shape index (κ3) is 49.5. The Morgan fingerprint density at radius 3 is 1.10 bits per heavy atom. The quantitative estimate of drug-likeness (QED) is 0.0262. The van der Waals surface area contributed by atoms with Crippen LogP contribution in [0.5, 0.6) is 0 Å². The molecule has 6 nitrogen and oxygen atoms in total. The number of rotatable bonds is 46. The molecule has 0 aromatic rings. The summed E-state index contributed by atoms with van der Waals surface area (Å²) >= 11 is 0. The summed E-state index contributed by atoms with van der Waals surface area (Å²) in [6.45, 7) is 6.41. The van der Waals surface area contributed by atoms with Gasteiger partial charge >= 0.3 is 17.9 Å². The van der Waals surface area contributed by atoms with E-state index >= 15 is 0 Å². The summed E-state index contributed by atoms with van der Waals surface area (Å²) in [5, 5.41) is 0. The second-order valence-corrected chi connectivity index (χ2v) is 17.1. The van der Waals surface area contributed by atoms with Crippen LogP contribution in [-0.4, -0.2) is 37.2 Å². The van der Waals surface area contributed by atoms with Crippen LogP contribution >= 0.6 is 0 Å². The normalized spacial score (nSPS) is 12.7. The molecule has 360 valence electrons. The Morgan fingerprint density at radius 1 is 0.349 bits per heavy atom. The van der Waals surface area contributed by atoms with Crippen molar-refractivity contribution in [3.05, 3.63) is 85.1 Å². The summed E-state index contributed by atoms with van der Waals surface area (Å²) < 4.78 is 16.7. The van der Waals surface area contributed by atoms with Gasteiger partial charge in [0.2, 0.25) is 0 Å². The summed E-state index contributed by atoms with van der Waals surface area (Å²) in [5.41, 5.74) is 0. The zero-order valence-electron chi connectivity index (χ0n) is 41.1. The number of carbonyl (C=O) groups is 3. The number of hydrogen-bond acceptors (Lipinski definition) is 6. The van der Waals surface area contributed by atoms with E-state index in [0.717, 1.165) is 96.3 Å². The molecule has 0 aliphatic heterocycles.